The van der Waals surface area contributed by atoms with Crippen molar-refractivity contribution in [3.63, 3.8) is 0 Å². The molecule has 0 saturated carbocycles. The summed E-state index contributed by atoms with van der Waals surface area (Å²) >= 11 is 0. The number of carbonyl (C=O) groups is 2. The van der Waals surface area contributed by atoms with Gasteiger partial charge in [-0.1, -0.05) is 36.4 Å². The summed E-state index contributed by atoms with van der Waals surface area (Å²) in [6.45, 7) is 4.86. The summed E-state index contributed by atoms with van der Waals surface area (Å²) in [6.07, 6.45) is 1.92. The molecule has 0 saturated heterocycles. The van der Waals surface area contributed by atoms with Gasteiger partial charge in [-0.25, -0.2) is 4.79 Å². The smallest absolute Gasteiger partial charge is 0.331 e. The molecule has 2 aromatic rings. The predicted molar refractivity (Wildman–Crippen MR) is 112 cm³/mol. The molecule has 0 N–H and O–H groups in total. The minimum Gasteiger partial charge on any atom is -0.493 e. The fourth-order valence-electron chi connectivity index (χ4n) is 2.87. The first-order chi connectivity index (χ1) is 14.0. The van der Waals surface area contributed by atoms with Gasteiger partial charge in [0, 0.05) is 24.7 Å². The molecule has 154 valence electrons. The average Bonchev–Trinajstić information content (AvgIpc) is 2.77. The molecular weight excluding hydrogens is 370 g/mol. The lowest BCUT2D eigenvalue weighted by Crippen LogP contribution is -2.36. The fraction of sp³-hybridized carbons (Fsp3) is 0.304. The van der Waals surface area contributed by atoms with Crippen LogP contribution in [0.4, 0.5) is 0 Å². The normalized spacial score (nSPS) is 11.7. The topological polar surface area (TPSA) is 65.1 Å². The summed E-state index contributed by atoms with van der Waals surface area (Å²) in [5.74, 6) is 0.311. The minimum absolute atomic E-state index is 0.242. The van der Waals surface area contributed by atoms with E-state index in [4.69, 9.17) is 14.2 Å². The standard InChI is InChI=1S/C23H27NO5/c1-5-24(6-2)23(26)22(18-10-8-7-9-11-18)29-21(25)15-13-17-12-14-19(27-3)20(16-17)28-4/h7-16,22H,5-6H2,1-4H3/b15-13+/t22-/m0/s1. The second-order valence-corrected chi connectivity index (χ2v) is 6.19. The maximum atomic E-state index is 12.9. The number of rotatable bonds is 9. The molecule has 1 atom stereocenters. The molecule has 0 heterocycles. The molecule has 0 bridgehead atoms. The van der Waals surface area contributed by atoms with E-state index in [-0.39, 0.29) is 5.91 Å². The van der Waals surface area contributed by atoms with Crippen LogP contribution in [0.15, 0.2) is 54.6 Å². The second kappa shape index (κ2) is 10.9. The summed E-state index contributed by atoms with van der Waals surface area (Å²) in [5.41, 5.74) is 1.38. The van der Waals surface area contributed by atoms with E-state index in [1.54, 1.807) is 55.5 Å². The molecule has 0 aliphatic carbocycles. The van der Waals surface area contributed by atoms with Crippen molar-refractivity contribution >= 4 is 18.0 Å². The van der Waals surface area contributed by atoms with Crippen molar-refractivity contribution in [1.29, 1.82) is 0 Å². The monoisotopic (exact) mass is 397 g/mol. The summed E-state index contributed by atoms with van der Waals surface area (Å²) < 4.78 is 16.0. The first-order valence-corrected chi connectivity index (χ1v) is 9.48. The van der Waals surface area contributed by atoms with Gasteiger partial charge in [0.25, 0.3) is 5.91 Å². The SMILES string of the molecule is CCN(CC)C(=O)[C@@H](OC(=O)/C=C/c1ccc(OC)c(OC)c1)c1ccccc1. The Balaban J connectivity index is 2.19. The van der Waals surface area contributed by atoms with Gasteiger partial charge in [0.2, 0.25) is 6.10 Å². The Morgan fingerprint density at radius 3 is 2.21 bits per heavy atom. The molecule has 0 fully saturated rings. The molecule has 29 heavy (non-hydrogen) atoms. The van der Waals surface area contributed by atoms with Gasteiger partial charge in [-0.15, -0.1) is 0 Å². The maximum absolute atomic E-state index is 12.9. The lowest BCUT2D eigenvalue weighted by Gasteiger charge is -2.25. The van der Waals surface area contributed by atoms with Crippen LogP contribution in [0.1, 0.15) is 31.1 Å². The largest absolute Gasteiger partial charge is 0.493 e. The molecule has 2 aromatic carbocycles. The van der Waals surface area contributed by atoms with E-state index in [1.165, 1.54) is 6.08 Å². The molecule has 6 nitrogen and oxygen atoms in total. The molecule has 0 unspecified atom stereocenters. The van der Waals surface area contributed by atoms with Crippen molar-refractivity contribution in [2.24, 2.45) is 0 Å². The maximum Gasteiger partial charge on any atom is 0.331 e. The van der Waals surface area contributed by atoms with E-state index in [2.05, 4.69) is 0 Å². The van der Waals surface area contributed by atoms with E-state index in [9.17, 15) is 9.59 Å². The van der Waals surface area contributed by atoms with Crippen molar-refractivity contribution in [3.8, 4) is 11.5 Å². The molecule has 0 aliphatic rings. The number of benzene rings is 2. The molecule has 0 aromatic heterocycles. The first kappa shape index (κ1) is 22.0. The van der Waals surface area contributed by atoms with Crippen LogP contribution in [0.2, 0.25) is 0 Å². The highest BCUT2D eigenvalue weighted by atomic mass is 16.5. The van der Waals surface area contributed by atoms with E-state index in [1.807, 2.05) is 32.0 Å². The fourth-order valence-corrected chi connectivity index (χ4v) is 2.87. The number of esters is 1. The number of methoxy groups -OCH3 is 2. The van der Waals surface area contributed by atoms with Gasteiger partial charge in [-0.05, 0) is 37.6 Å². The summed E-state index contributed by atoms with van der Waals surface area (Å²) in [6, 6.07) is 14.3. The van der Waals surface area contributed by atoms with Crippen molar-refractivity contribution in [1.82, 2.24) is 4.90 Å². The third kappa shape index (κ3) is 5.85. The third-order valence-corrected chi connectivity index (χ3v) is 4.46. The van der Waals surface area contributed by atoms with Gasteiger partial charge in [0.05, 0.1) is 14.2 Å². The Morgan fingerprint density at radius 1 is 0.966 bits per heavy atom. The van der Waals surface area contributed by atoms with Crippen LogP contribution < -0.4 is 9.47 Å². The quantitative estimate of drug-likeness (QED) is 0.475. The predicted octanol–water partition coefficient (Wildman–Crippen LogP) is 3.87. The zero-order chi connectivity index (χ0) is 21.2. The Hall–Kier alpha value is -3.28. The third-order valence-electron chi connectivity index (χ3n) is 4.46. The van der Waals surface area contributed by atoms with Gasteiger partial charge in [-0.3, -0.25) is 4.79 Å². The number of hydrogen-bond donors (Lipinski definition) is 0. The van der Waals surface area contributed by atoms with Crippen LogP contribution >= 0.6 is 0 Å². The highest BCUT2D eigenvalue weighted by Gasteiger charge is 2.27. The van der Waals surface area contributed by atoms with Crippen molar-refractivity contribution in [2.45, 2.75) is 20.0 Å². The lowest BCUT2D eigenvalue weighted by atomic mass is 10.1. The van der Waals surface area contributed by atoms with Crippen LogP contribution in [0.5, 0.6) is 11.5 Å². The Kier molecular flexibility index (Phi) is 8.27. The Bertz CT molecular complexity index is 844. The van der Waals surface area contributed by atoms with E-state index in [0.717, 1.165) is 5.56 Å². The number of likely N-dealkylation sites (N-methyl/N-ethyl adjacent to an activating group) is 1. The molecule has 0 radical (unpaired) electrons. The number of nitrogens with zero attached hydrogens (tertiary/aromatic N) is 1. The summed E-state index contributed by atoms with van der Waals surface area (Å²) in [4.78, 5) is 27.0. The molecule has 2 rings (SSSR count). The van der Waals surface area contributed by atoms with Gasteiger partial charge >= 0.3 is 5.97 Å². The highest BCUT2D eigenvalue weighted by Crippen LogP contribution is 2.28. The van der Waals surface area contributed by atoms with Crippen LogP contribution in [0, 0.1) is 0 Å². The van der Waals surface area contributed by atoms with Crippen LogP contribution in [-0.2, 0) is 14.3 Å². The van der Waals surface area contributed by atoms with Gasteiger partial charge < -0.3 is 19.1 Å². The van der Waals surface area contributed by atoms with E-state index in [0.29, 0.717) is 30.2 Å². The molecule has 0 spiro atoms. The zero-order valence-electron chi connectivity index (χ0n) is 17.3. The average molecular weight is 397 g/mol. The van der Waals surface area contributed by atoms with Crippen LogP contribution in [-0.4, -0.2) is 44.1 Å². The summed E-state index contributed by atoms with van der Waals surface area (Å²) in [5, 5.41) is 0. The zero-order valence-corrected chi connectivity index (χ0v) is 17.3. The number of carbonyl (C=O) groups excluding carboxylic acids is 2. The molecule has 6 heteroatoms. The van der Waals surface area contributed by atoms with Gasteiger partial charge in [0.1, 0.15) is 0 Å². The van der Waals surface area contributed by atoms with Crippen molar-refractivity contribution in [2.75, 3.05) is 27.3 Å². The molecule has 1 amide bonds. The lowest BCUT2D eigenvalue weighted by molar-refractivity contribution is -0.157. The highest BCUT2D eigenvalue weighted by molar-refractivity contribution is 5.91. The number of hydrogen-bond acceptors (Lipinski definition) is 5. The molecule has 0 aliphatic heterocycles. The number of amides is 1. The van der Waals surface area contributed by atoms with Gasteiger partial charge in [0.15, 0.2) is 11.5 Å². The Morgan fingerprint density at radius 2 is 1.62 bits per heavy atom. The summed E-state index contributed by atoms with van der Waals surface area (Å²) in [7, 11) is 3.10. The van der Waals surface area contributed by atoms with Gasteiger partial charge in [-0.2, -0.15) is 0 Å². The van der Waals surface area contributed by atoms with Crippen molar-refractivity contribution in [3.05, 3.63) is 65.7 Å². The number of ether oxygens (including phenoxy) is 3. The molecular formula is C23H27NO5. The second-order valence-electron chi connectivity index (χ2n) is 6.19. The minimum atomic E-state index is -0.987. The van der Waals surface area contributed by atoms with E-state index < -0.39 is 12.1 Å². The first-order valence-electron chi connectivity index (χ1n) is 9.48. The van der Waals surface area contributed by atoms with E-state index >= 15 is 0 Å². The van der Waals surface area contributed by atoms with Crippen LogP contribution in [0.3, 0.4) is 0 Å². The van der Waals surface area contributed by atoms with Crippen molar-refractivity contribution < 1.29 is 23.8 Å². The van der Waals surface area contributed by atoms with Crippen LogP contribution in [0.25, 0.3) is 6.08 Å². The Labute approximate surface area is 171 Å².